The lowest BCUT2D eigenvalue weighted by atomic mass is 9.97. The van der Waals surface area contributed by atoms with Gasteiger partial charge in [-0.3, -0.25) is 9.59 Å². The zero-order chi connectivity index (χ0) is 44.5. The molecular weight excluding hydrogens is 819 g/mol. The van der Waals surface area contributed by atoms with Crippen molar-refractivity contribution in [1.82, 2.24) is 30.0 Å². The Balaban J connectivity index is 0.835. The summed E-state index contributed by atoms with van der Waals surface area (Å²) in [6.45, 7) is 9.33. The van der Waals surface area contributed by atoms with Gasteiger partial charge in [0.1, 0.15) is 23.6 Å². The van der Waals surface area contributed by atoms with Crippen LogP contribution in [0.15, 0.2) is 42.7 Å². The van der Waals surface area contributed by atoms with Crippen molar-refractivity contribution in [3.63, 3.8) is 0 Å². The molecule has 0 unspecified atom stereocenters. The van der Waals surface area contributed by atoms with E-state index >= 15 is 0 Å². The van der Waals surface area contributed by atoms with E-state index in [-0.39, 0.29) is 29.7 Å². The molecule has 63 heavy (non-hydrogen) atoms. The number of aromatic hydroxyl groups is 1. The Labute approximate surface area is 367 Å². The van der Waals surface area contributed by atoms with Crippen LogP contribution in [-0.4, -0.2) is 167 Å². The van der Waals surface area contributed by atoms with Crippen molar-refractivity contribution in [2.75, 3.05) is 137 Å². The molecule has 20 nitrogen and oxygen atoms in total. The molecule has 0 spiro atoms. The molecule has 0 bridgehead atoms. The van der Waals surface area contributed by atoms with E-state index in [4.69, 9.17) is 60.2 Å². The number of nitrogens with zero attached hydrogens (tertiary/aromatic N) is 5. The number of nitrogen functional groups attached to an aromatic ring is 2. The second kappa shape index (κ2) is 27.9. The van der Waals surface area contributed by atoms with Crippen molar-refractivity contribution in [2.24, 2.45) is 5.73 Å². The average molecular weight is 882 g/mol. The van der Waals surface area contributed by atoms with Crippen molar-refractivity contribution in [2.45, 2.75) is 32.4 Å². The predicted octanol–water partition coefficient (Wildman–Crippen LogP) is 1.28. The molecule has 0 radical (unpaired) electrons. The van der Waals surface area contributed by atoms with Crippen LogP contribution < -0.4 is 22.5 Å². The number of carbonyl (C=O) groups excluding carboxylic acids is 2. The number of nitrogens with one attached hydrogen (secondary N) is 1. The summed E-state index contributed by atoms with van der Waals surface area (Å²) in [5.74, 6) is 0.243. The second-order valence-electron chi connectivity index (χ2n) is 14.4. The van der Waals surface area contributed by atoms with Crippen LogP contribution in [0.5, 0.6) is 5.75 Å². The van der Waals surface area contributed by atoms with Crippen LogP contribution in [0.3, 0.4) is 0 Å². The van der Waals surface area contributed by atoms with Gasteiger partial charge in [-0.05, 0) is 41.3 Å². The van der Waals surface area contributed by atoms with Gasteiger partial charge < -0.3 is 70.4 Å². The predicted molar refractivity (Wildman–Crippen MR) is 234 cm³/mol. The number of carbonyl (C=O) groups is 2. The minimum absolute atomic E-state index is 0.00859. The highest BCUT2D eigenvalue weighted by Gasteiger charge is 2.22. The maximum absolute atomic E-state index is 13.0. The fourth-order valence-corrected chi connectivity index (χ4v) is 6.58. The number of rotatable bonds is 32. The number of hydrogen-bond donors (Lipinski definition) is 5. The third kappa shape index (κ3) is 16.9. The topological polar surface area (TPSA) is 265 Å². The second-order valence-corrected chi connectivity index (χ2v) is 14.4. The zero-order valence-electron chi connectivity index (χ0n) is 36.0. The first-order valence-electron chi connectivity index (χ1n) is 21.4. The number of fused-ring (bicyclic) bond motifs is 2. The van der Waals surface area contributed by atoms with Crippen LogP contribution in [0.4, 0.5) is 11.5 Å². The van der Waals surface area contributed by atoms with Gasteiger partial charge in [-0.2, -0.15) is 5.10 Å². The summed E-state index contributed by atoms with van der Waals surface area (Å²) in [4.78, 5) is 35.4. The molecule has 0 aliphatic carbocycles. The maximum Gasteiger partial charge on any atom is 0.225 e. The van der Waals surface area contributed by atoms with E-state index in [1.807, 2.05) is 11.0 Å². The highest BCUT2D eigenvalue weighted by molar-refractivity contribution is 5.98. The number of phenolic OH excluding ortho intramolecular Hbond substituents is 1. The number of hydrogen-bond acceptors (Lipinski definition) is 17. The number of nitrogens with two attached hydrogens (primary N) is 3. The smallest absolute Gasteiger partial charge is 0.225 e. The minimum atomic E-state index is -0.102. The number of aromatic nitrogens is 4. The van der Waals surface area contributed by atoms with Crippen LogP contribution in [0.25, 0.3) is 22.3 Å². The number of phenols is 1. The summed E-state index contributed by atoms with van der Waals surface area (Å²) in [5.41, 5.74) is 23.0. The monoisotopic (exact) mass is 881 g/mol. The Morgan fingerprint density at radius 1 is 0.698 bits per heavy atom. The lowest BCUT2D eigenvalue weighted by Gasteiger charge is -2.29. The van der Waals surface area contributed by atoms with Crippen molar-refractivity contribution in [3.8, 4) is 17.0 Å². The van der Waals surface area contributed by atoms with Gasteiger partial charge in [0.15, 0.2) is 5.65 Å². The van der Waals surface area contributed by atoms with Crippen molar-refractivity contribution in [1.29, 1.82) is 0 Å². The van der Waals surface area contributed by atoms with Crippen LogP contribution in [-0.2, 0) is 67.0 Å². The van der Waals surface area contributed by atoms with Crippen LogP contribution in [0, 0.1) is 0 Å². The SMILES string of the molecule is NCCOCCOCCOCCOCCC(=O)NCCOCCOCCOCCOCCC(=O)N1CCc2cc(Cn3nc(-c4ccc(O)c(N)c4)c4c(N)ncnc43)ccc2C1. The molecule has 1 aliphatic heterocycles. The lowest BCUT2D eigenvalue weighted by molar-refractivity contribution is -0.133. The number of benzene rings is 2. The molecule has 2 aromatic heterocycles. The Morgan fingerprint density at radius 2 is 1.30 bits per heavy atom. The van der Waals surface area contributed by atoms with Crippen LogP contribution in [0.1, 0.15) is 29.5 Å². The number of amides is 2. The molecule has 346 valence electrons. The summed E-state index contributed by atoms with van der Waals surface area (Å²) in [5, 5.41) is 18.2. The van der Waals surface area contributed by atoms with Crippen molar-refractivity contribution < 1.29 is 52.6 Å². The highest BCUT2D eigenvalue weighted by atomic mass is 16.6. The van der Waals surface area contributed by atoms with E-state index in [0.717, 1.165) is 17.5 Å². The largest absolute Gasteiger partial charge is 0.506 e. The first-order chi connectivity index (χ1) is 30.8. The third-order valence-corrected chi connectivity index (χ3v) is 9.82. The number of ether oxygens (including phenoxy) is 8. The first-order valence-corrected chi connectivity index (χ1v) is 21.4. The normalized spacial score (nSPS) is 12.6. The van der Waals surface area contributed by atoms with E-state index in [1.54, 1.807) is 16.8 Å². The summed E-state index contributed by atoms with van der Waals surface area (Å²) < 4.78 is 45.4. The Hall–Kier alpha value is -5.03. The maximum atomic E-state index is 13.0. The highest BCUT2D eigenvalue weighted by Crippen LogP contribution is 2.34. The van der Waals surface area contributed by atoms with Gasteiger partial charge in [0.05, 0.1) is 130 Å². The molecule has 2 aromatic carbocycles. The summed E-state index contributed by atoms with van der Waals surface area (Å²) >= 11 is 0. The van der Waals surface area contributed by atoms with E-state index in [1.165, 1.54) is 18.0 Å². The molecule has 0 atom stereocenters. The molecule has 20 heteroatoms. The van der Waals surface area contributed by atoms with Gasteiger partial charge in [-0.1, -0.05) is 18.2 Å². The summed E-state index contributed by atoms with van der Waals surface area (Å²) in [7, 11) is 0. The molecule has 0 saturated heterocycles. The fourth-order valence-electron chi connectivity index (χ4n) is 6.58. The van der Waals surface area contributed by atoms with E-state index < -0.39 is 0 Å². The molecule has 5 rings (SSSR count). The number of anilines is 2. The molecule has 8 N–H and O–H groups in total. The first kappa shape index (κ1) is 49.0. The van der Waals surface area contributed by atoms with Gasteiger partial charge in [0.2, 0.25) is 11.8 Å². The van der Waals surface area contributed by atoms with Crippen molar-refractivity contribution >= 4 is 34.4 Å². The van der Waals surface area contributed by atoms with E-state index in [9.17, 15) is 14.7 Å². The molecule has 3 heterocycles. The van der Waals surface area contributed by atoms with Crippen molar-refractivity contribution in [3.05, 3.63) is 59.4 Å². The standard InChI is InChI=1S/C43H63N9O11/c44-8-13-58-17-21-62-25-23-60-19-15-56-11-6-38(54)47-9-14-59-18-22-63-26-24-61-20-16-57-12-7-39(55)51-10-5-33-27-32(1-2-35(33)30-51)29-52-43-40(42(46)48-31-49-43)41(50-52)34-3-4-37(53)36(45)28-34/h1-4,27-28,31,53H,5-26,29-30,44-45H2,(H,47,54)(H2,46,48,49). The lowest BCUT2D eigenvalue weighted by Crippen LogP contribution is -2.36. The van der Waals surface area contributed by atoms with Crippen LogP contribution in [0.2, 0.25) is 0 Å². The van der Waals surface area contributed by atoms with Gasteiger partial charge in [0.25, 0.3) is 0 Å². The molecule has 0 fully saturated rings. The third-order valence-electron chi connectivity index (χ3n) is 9.82. The molecular formula is C43H63N9O11. The summed E-state index contributed by atoms with van der Waals surface area (Å²) in [6, 6.07) is 11.2. The Bertz CT molecular complexity index is 1990. The fraction of sp³-hybridized carbons (Fsp3) is 0.558. The molecule has 2 amide bonds. The quantitative estimate of drug-likeness (QED) is 0.0263. The zero-order valence-corrected chi connectivity index (χ0v) is 36.0. The minimum Gasteiger partial charge on any atom is -0.506 e. The Kier molecular flexibility index (Phi) is 21.7. The molecule has 4 aromatic rings. The Morgan fingerprint density at radius 3 is 1.94 bits per heavy atom. The summed E-state index contributed by atoms with van der Waals surface area (Å²) in [6.07, 6.45) is 2.71. The van der Waals surface area contributed by atoms with Gasteiger partial charge in [-0.15, -0.1) is 0 Å². The van der Waals surface area contributed by atoms with Gasteiger partial charge >= 0.3 is 0 Å². The van der Waals surface area contributed by atoms with E-state index in [0.29, 0.717) is 173 Å². The molecule has 1 aliphatic rings. The van der Waals surface area contributed by atoms with Crippen LogP contribution >= 0.6 is 0 Å². The van der Waals surface area contributed by atoms with Gasteiger partial charge in [0, 0.05) is 38.2 Å². The average Bonchev–Trinajstić information content (AvgIpc) is 3.66. The van der Waals surface area contributed by atoms with E-state index in [2.05, 4.69) is 27.4 Å². The molecule has 0 saturated carbocycles. The van der Waals surface area contributed by atoms with Gasteiger partial charge in [-0.25, -0.2) is 14.6 Å².